The van der Waals surface area contributed by atoms with Gasteiger partial charge in [-0.2, -0.15) is 5.10 Å². The van der Waals surface area contributed by atoms with Gasteiger partial charge >= 0.3 is 0 Å². The van der Waals surface area contributed by atoms with Gasteiger partial charge in [-0.05, 0) is 30.7 Å². The van der Waals surface area contributed by atoms with Crippen LogP contribution in [-0.2, 0) is 13.6 Å². The van der Waals surface area contributed by atoms with E-state index in [4.69, 9.17) is 5.73 Å². The molecule has 2 aromatic rings. The largest absolute Gasteiger partial charge is 0.384 e. The van der Waals surface area contributed by atoms with Gasteiger partial charge in [-0.3, -0.25) is 9.48 Å². The van der Waals surface area contributed by atoms with Crippen molar-refractivity contribution in [2.24, 2.45) is 7.05 Å². The number of nitrogens with one attached hydrogen (secondary N) is 1. The zero-order chi connectivity index (χ0) is 14.0. The van der Waals surface area contributed by atoms with Gasteiger partial charge in [0.1, 0.15) is 5.82 Å². The van der Waals surface area contributed by atoms with Gasteiger partial charge in [-0.15, -0.1) is 0 Å². The number of halogens is 1. The first-order chi connectivity index (χ1) is 8.97. The molecule has 0 bridgehead atoms. The van der Waals surface area contributed by atoms with Crippen molar-refractivity contribution in [1.29, 1.82) is 0 Å². The number of nitrogen functional groups attached to an aromatic ring is 1. The second-order valence-electron chi connectivity index (χ2n) is 4.38. The molecule has 1 amide bonds. The molecule has 19 heavy (non-hydrogen) atoms. The first kappa shape index (κ1) is 13.6. The second-order valence-corrected chi connectivity index (χ2v) is 5.29. The normalized spacial score (nSPS) is 10.5. The van der Waals surface area contributed by atoms with Crippen LogP contribution in [0.15, 0.2) is 28.9 Å². The molecule has 0 saturated carbocycles. The predicted molar refractivity (Wildman–Crippen MR) is 77.7 cm³/mol. The van der Waals surface area contributed by atoms with Crippen LogP contribution in [0.2, 0.25) is 0 Å². The topological polar surface area (TPSA) is 72.9 Å². The fourth-order valence-electron chi connectivity index (χ4n) is 1.77. The maximum Gasteiger partial charge on any atom is 0.251 e. The Bertz CT molecular complexity index is 601. The van der Waals surface area contributed by atoms with Crippen LogP contribution in [0.4, 0.5) is 5.82 Å². The third-order valence-corrected chi connectivity index (χ3v) is 3.27. The van der Waals surface area contributed by atoms with E-state index in [9.17, 15) is 4.79 Å². The van der Waals surface area contributed by atoms with Crippen LogP contribution >= 0.6 is 15.9 Å². The minimum atomic E-state index is -0.132. The van der Waals surface area contributed by atoms with Gasteiger partial charge in [0.15, 0.2) is 0 Å². The average molecular weight is 323 g/mol. The highest BCUT2D eigenvalue weighted by Gasteiger charge is 2.09. The van der Waals surface area contributed by atoms with Gasteiger partial charge in [-0.25, -0.2) is 0 Å². The number of anilines is 1. The highest BCUT2D eigenvalue weighted by molar-refractivity contribution is 9.10. The Kier molecular flexibility index (Phi) is 3.90. The van der Waals surface area contributed by atoms with Crippen LogP contribution in [0.3, 0.4) is 0 Å². The molecule has 0 aliphatic carbocycles. The monoisotopic (exact) mass is 322 g/mol. The van der Waals surface area contributed by atoms with Gasteiger partial charge in [0.2, 0.25) is 0 Å². The molecule has 100 valence electrons. The molecule has 5 nitrogen and oxygen atoms in total. The molecule has 2 rings (SSSR count). The SMILES string of the molecule is Cc1cc(Br)cc(C(=O)NCc2cnn(C)c2N)c1. The van der Waals surface area contributed by atoms with E-state index in [0.717, 1.165) is 15.6 Å². The molecule has 0 unspecified atom stereocenters. The van der Waals surface area contributed by atoms with Crippen LogP contribution in [0.25, 0.3) is 0 Å². The van der Waals surface area contributed by atoms with Crippen LogP contribution in [-0.4, -0.2) is 15.7 Å². The number of rotatable bonds is 3. The molecule has 0 fully saturated rings. The van der Waals surface area contributed by atoms with Crippen molar-refractivity contribution in [3.8, 4) is 0 Å². The van der Waals surface area contributed by atoms with Crippen molar-refractivity contribution in [2.45, 2.75) is 13.5 Å². The molecular weight excluding hydrogens is 308 g/mol. The Labute approximate surface area is 119 Å². The van der Waals surface area contributed by atoms with Crippen LogP contribution in [0.5, 0.6) is 0 Å². The van der Waals surface area contributed by atoms with Crippen molar-refractivity contribution < 1.29 is 4.79 Å². The minimum Gasteiger partial charge on any atom is -0.384 e. The number of carbonyl (C=O) groups excluding carboxylic acids is 1. The molecule has 3 N–H and O–H groups in total. The molecule has 0 saturated heterocycles. The summed E-state index contributed by atoms with van der Waals surface area (Å²) in [6.07, 6.45) is 1.65. The Balaban J connectivity index is 2.07. The second kappa shape index (κ2) is 5.44. The van der Waals surface area contributed by atoms with Gasteiger partial charge in [0.25, 0.3) is 5.91 Å². The highest BCUT2D eigenvalue weighted by Crippen LogP contribution is 2.15. The van der Waals surface area contributed by atoms with E-state index < -0.39 is 0 Å². The standard InChI is InChI=1S/C13H15BrN4O/c1-8-3-9(5-11(14)4-8)13(19)16-6-10-7-17-18(2)12(10)15/h3-5,7H,6,15H2,1-2H3,(H,16,19). The van der Waals surface area contributed by atoms with E-state index in [0.29, 0.717) is 17.9 Å². The van der Waals surface area contributed by atoms with E-state index in [-0.39, 0.29) is 5.91 Å². The summed E-state index contributed by atoms with van der Waals surface area (Å²) in [6, 6.07) is 5.58. The first-order valence-electron chi connectivity index (χ1n) is 5.79. The van der Waals surface area contributed by atoms with E-state index in [2.05, 4.69) is 26.3 Å². The average Bonchev–Trinajstić information content (AvgIpc) is 2.66. The Morgan fingerprint density at radius 3 is 2.79 bits per heavy atom. The Morgan fingerprint density at radius 2 is 2.21 bits per heavy atom. The number of amides is 1. The lowest BCUT2D eigenvalue weighted by molar-refractivity contribution is 0.0951. The number of aromatic nitrogens is 2. The van der Waals surface area contributed by atoms with Gasteiger partial charge in [-0.1, -0.05) is 15.9 Å². The number of carbonyl (C=O) groups is 1. The van der Waals surface area contributed by atoms with Crippen LogP contribution in [0.1, 0.15) is 21.5 Å². The number of hydrogen-bond acceptors (Lipinski definition) is 3. The number of nitrogens with two attached hydrogens (primary N) is 1. The molecule has 6 heteroatoms. The van der Waals surface area contributed by atoms with Crippen molar-refractivity contribution in [2.75, 3.05) is 5.73 Å². The summed E-state index contributed by atoms with van der Waals surface area (Å²) in [5.74, 6) is 0.429. The summed E-state index contributed by atoms with van der Waals surface area (Å²) in [5.41, 5.74) is 8.27. The van der Waals surface area contributed by atoms with Crippen molar-refractivity contribution in [1.82, 2.24) is 15.1 Å². The lowest BCUT2D eigenvalue weighted by Gasteiger charge is -2.06. The maximum absolute atomic E-state index is 12.0. The van der Waals surface area contributed by atoms with Crippen LogP contribution in [0, 0.1) is 6.92 Å². The third-order valence-electron chi connectivity index (χ3n) is 2.81. The zero-order valence-electron chi connectivity index (χ0n) is 10.8. The number of nitrogens with zero attached hydrogens (tertiary/aromatic N) is 2. The van der Waals surface area contributed by atoms with Gasteiger partial charge in [0.05, 0.1) is 6.20 Å². The molecule has 0 aliphatic rings. The Morgan fingerprint density at radius 1 is 1.47 bits per heavy atom. The Hall–Kier alpha value is -1.82. The highest BCUT2D eigenvalue weighted by atomic mass is 79.9. The minimum absolute atomic E-state index is 0.132. The molecule has 0 aliphatic heterocycles. The fourth-order valence-corrected chi connectivity index (χ4v) is 2.38. The summed E-state index contributed by atoms with van der Waals surface area (Å²) in [5, 5.41) is 6.86. The van der Waals surface area contributed by atoms with E-state index in [1.807, 2.05) is 19.1 Å². The third kappa shape index (κ3) is 3.14. The predicted octanol–water partition coefficient (Wildman–Crippen LogP) is 2.00. The van der Waals surface area contributed by atoms with E-state index in [1.165, 1.54) is 0 Å². The smallest absolute Gasteiger partial charge is 0.251 e. The summed E-state index contributed by atoms with van der Waals surface area (Å²) >= 11 is 3.38. The summed E-state index contributed by atoms with van der Waals surface area (Å²) in [7, 11) is 1.76. The van der Waals surface area contributed by atoms with E-state index in [1.54, 1.807) is 24.0 Å². The molecule has 1 heterocycles. The number of hydrogen-bond donors (Lipinski definition) is 2. The maximum atomic E-state index is 12.0. The number of aryl methyl sites for hydroxylation is 2. The van der Waals surface area contributed by atoms with Gasteiger partial charge < -0.3 is 11.1 Å². The lowest BCUT2D eigenvalue weighted by atomic mass is 10.1. The first-order valence-corrected chi connectivity index (χ1v) is 6.58. The molecule has 0 radical (unpaired) electrons. The number of benzene rings is 1. The summed E-state index contributed by atoms with van der Waals surface area (Å²) in [6.45, 7) is 2.31. The molecule has 0 atom stereocenters. The molecule has 0 spiro atoms. The molecule has 1 aromatic heterocycles. The van der Waals surface area contributed by atoms with Crippen LogP contribution < -0.4 is 11.1 Å². The zero-order valence-corrected chi connectivity index (χ0v) is 12.4. The van der Waals surface area contributed by atoms with Crippen molar-refractivity contribution >= 4 is 27.7 Å². The summed E-state index contributed by atoms with van der Waals surface area (Å²) in [4.78, 5) is 12.0. The van der Waals surface area contributed by atoms with Crippen molar-refractivity contribution in [3.05, 3.63) is 45.6 Å². The fraction of sp³-hybridized carbons (Fsp3) is 0.231. The quantitative estimate of drug-likeness (QED) is 0.907. The lowest BCUT2D eigenvalue weighted by Crippen LogP contribution is -2.23. The molecular formula is C13H15BrN4O. The van der Waals surface area contributed by atoms with Gasteiger partial charge in [0, 0.05) is 29.2 Å². The van der Waals surface area contributed by atoms with Crippen molar-refractivity contribution in [3.63, 3.8) is 0 Å². The molecule has 1 aromatic carbocycles. The summed E-state index contributed by atoms with van der Waals surface area (Å²) < 4.78 is 2.46. The van der Waals surface area contributed by atoms with E-state index >= 15 is 0 Å².